The molecule has 3 rings (SSSR count). The van der Waals surface area contributed by atoms with Crippen LogP contribution in [0.15, 0.2) is 30.5 Å². The van der Waals surface area contributed by atoms with E-state index in [1.165, 1.54) is 6.26 Å². The van der Waals surface area contributed by atoms with Crippen molar-refractivity contribution in [2.24, 2.45) is 0 Å². The molecule has 126 valence electrons. The molecule has 0 bridgehead atoms. The van der Waals surface area contributed by atoms with E-state index in [1.807, 2.05) is 24.3 Å². The third kappa shape index (κ3) is 3.85. The van der Waals surface area contributed by atoms with Crippen LogP contribution in [-0.4, -0.2) is 15.0 Å². The largest absolute Gasteiger partial charge is 0.496 e. The van der Waals surface area contributed by atoms with Gasteiger partial charge in [0.15, 0.2) is 17.5 Å². The van der Waals surface area contributed by atoms with E-state index in [0.717, 1.165) is 11.1 Å². The van der Waals surface area contributed by atoms with E-state index >= 15 is 0 Å². The summed E-state index contributed by atoms with van der Waals surface area (Å²) in [4.78, 5) is 12.3. The van der Waals surface area contributed by atoms with Crippen LogP contribution < -0.4 is 0 Å². The number of hydrogen-bond acceptors (Lipinski definition) is 4. The van der Waals surface area contributed by atoms with Gasteiger partial charge in [0, 0.05) is 0 Å². The number of hydrogen-bond donors (Lipinski definition) is 0. The summed E-state index contributed by atoms with van der Waals surface area (Å²) < 4.78 is 1.64. The van der Waals surface area contributed by atoms with E-state index in [1.54, 1.807) is 0 Å². The highest BCUT2D eigenvalue weighted by atomic mass is 35.6. The summed E-state index contributed by atoms with van der Waals surface area (Å²) in [7, 11) is 0. The van der Waals surface area contributed by atoms with Crippen molar-refractivity contribution in [3.63, 3.8) is 0 Å². The molecule has 0 N–H and O–H groups in total. The lowest BCUT2D eigenvalue weighted by molar-refractivity contribution is 0.233. The number of alkyl halides is 6. The number of benzene rings is 1. The van der Waals surface area contributed by atoms with Crippen LogP contribution in [0.5, 0.6) is 0 Å². The normalized spacial score (nSPS) is 14.7. The standard InChI is InChI=1S/C14H7Cl6N3O/c15-13(16,17)11-21-10(22-12(23-11)14(18,19)20)9-6-24-5-7-3-1-2-4-8(7)9/h1-4,6H,5H2. The van der Waals surface area contributed by atoms with Crippen molar-refractivity contribution in [1.82, 2.24) is 15.0 Å². The highest BCUT2D eigenvalue weighted by molar-refractivity contribution is 6.67. The minimum Gasteiger partial charge on any atom is -0.496 e. The van der Waals surface area contributed by atoms with E-state index in [9.17, 15) is 0 Å². The Balaban J connectivity index is 2.20. The van der Waals surface area contributed by atoms with Gasteiger partial charge in [0.25, 0.3) is 0 Å². The fraction of sp³-hybridized carbons (Fsp3) is 0.214. The predicted octanol–water partition coefficient (Wildman–Crippen LogP) is 5.44. The van der Waals surface area contributed by atoms with E-state index < -0.39 is 7.59 Å². The first-order valence-electron chi connectivity index (χ1n) is 6.47. The van der Waals surface area contributed by atoms with Crippen LogP contribution in [0, 0.1) is 0 Å². The van der Waals surface area contributed by atoms with Gasteiger partial charge in [-0.25, -0.2) is 15.0 Å². The van der Waals surface area contributed by atoms with Crippen molar-refractivity contribution in [2.45, 2.75) is 14.2 Å². The molecule has 24 heavy (non-hydrogen) atoms. The van der Waals surface area contributed by atoms with Gasteiger partial charge in [-0.05, 0) is 11.1 Å². The topological polar surface area (TPSA) is 47.9 Å². The lowest BCUT2D eigenvalue weighted by atomic mass is 9.99. The fourth-order valence-corrected chi connectivity index (χ4v) is 2.62. The number of nitrogens with zero attached hydrogens (tertiary/aromatic N) is 3. The lowest BCUT2D eigenvalue weighted by Gasteiger charge is -2.20. The fourth-order valence-electron chi connectivity index (χ4n) is 2.11. The first-order chi connectivity index (χ1) is 11.2. The summed E-state index contributed by atoms with van der Waals surface area (Å²) in [5, 5.41) is 0. The second-order valence-electron chi connectivity index (χ2n) is 4.80. The third-order valence-corrected chi connectivity index (χ3v) is 4.15. The quantitative estimate of drug-likeness (QED) is 0.548. The average Bonchev–Trinajstić information content (AvgIpc) is 2.52. The Morgan fingerprint density at radius 2 is 1.42 bits per heavy atom. The molecule has 10 heteroatoms. The molecule has 0 fully saturated rings. The van der Waals surface area contributed by atoms with Crippen LogP contribution in [0.1, 0.15) is 28.6 Å². The monoisotopic (exact) mass is 443 g/mol. The zero-order valence-corrected chi connectivity index (χ0v) is 16.1. The van der Waals surface area contributed by atoms with Gasteiger partial charge in [0.2, 0.25) is 7.59 Å². The molecule has 0 unspecified atom stereocenters. The zero-order chi connectivity index (χ0) is 17.5. The van der Waals surface area contributed by atoms with Gasteiger partial charge in [0.1, 0.15) is 6.61 Å². The summed E-state index contributed by atoms with van der Waals surface area (Å²) in [6.07, 6.45) is 1.52. The van der Waals surface area contributed by atoms with Crippen LogP contribution in [0.2, 0.25) is 0 Å². The van der Waals surface area contributed by atoms with E-state index in [4.69, 9.17) is 74.3 Å². The van der Waals surface area contributed by atoms with Gasteiger partial charge in [-0.3, -0.25) is 0 Å². The van der Waals surface area contributed by atoms with Crippen molar-refractivity contribution in [2.75, 3.05) is 0 Å². The minimum absolute atomic E-state index is 0.150. The summed E-state index contributed by atoms with van der Waals surface area (Å²) in [6.45, 7) is 0.430. The summed E-state index contributed by atoms with van der Waals surface area (Å²) >= 11 is 35.3. The highest BCUT2D eigenvalue weighted by Crippen LogP contribution is 2.41. The Hall–Kier alpha value is -0.490. The van der Waals surface area contributed by atoms with E-state index in [0.29, 0.717) is 12.2 Å². The molecular weight excluding hydrogens is 439 g/mol. The SMILES string of the molecule is ClC(Cl)(Cl)c1nc(C2=COCc3ccccc32)nc(C(Cl)(Cl)Cl)n1. The lowest BCUT2D eigenvalue weighted by Crippen LogP contribution is -2.18. The van der Waals surface area contributed by atoms with E-state index in [-0.39, 0.29) is 17.5 Å². The molecule has 0 amide bonds. The second kappa shape index (κ2) is 6.67. The van der Waals surface area contributed by atoms with Crippen molar-refractivity contribution in [3.8, 4) is 0 Å². The molecule has 2 aromatic rings. The molecule has 4 nitrogen and oxygen atoms in total. The van der Waals surface area contributed by atoms with E-state index in [2.05, 4.69) is 15.0 Å². The number of rotatable bonds is 1. The van der Waals surface area contributed by atoms with Crippen molar-refractivity contribution >= 4 is 75.2 Å². The average molecular weight is 446 g/mol. The molecule has 2 heterocycles. The molecule has 1 aromatic heterocycles. The molecule has 0 atom stereocenters. The Labute approximate surface area is 167 Å². The minimum atomic E-state index is -1.90. The Kier molecular flexibility index (Phi) is 5.09. The second-order valence-corrected chi connectivity index (χ2v) is 9.36. The third-order valence-electron chi connectivity index (χ3n) is 3.13. The molecule has 0 aliphatic carbocycles. The maximum Gasteiger partial charge on any atom is 0.250 e. The first kappa shape index (κ1) is 18.3. The van der Waals surface area contributed by atoms with Crippen LogP contribution in [0.3, 0.4) is 0 Å². The number of aromatic nitrogens is 3. The van der Waals surface area contributed by atoms with Crippen LogP contribution in [-0.2, 0) is 18.9 Å². The molecule has 0 saturated carbocycles. The van der Waals surface area contributed by atoms with Gasteiger partial charge < -0.3 is 4.74 Å². The number of halogens is 6. The Morgan fingerprint density at radius 1 is 0.833 bits per heavy atom. The van der Waals surface area contributed by atoms with Gasteiger partial charge in [-0.2, -0.15) is 0 Å². The number of ether oxygens (including phenoxy) is 1. The molecule has 1 aliphatic heterocycles. The van der Waals surface area contributed by atoms with Crippen LogP contribution in [0.4, 0.5) is 0 Å². The maximum absolute atomic E-state index is 5.89. The zero-order valence-electron chi connectivity index (χ0n) is 11.6. The number of fused-ring (bicyclic) bond motifs is 1. The van der Waals surface area contributed by atoms with Gasteiger partial charge in [0.05, 0.1) is 11.8 Å². The highest BCUT2D eigenvalue weighted by Gasteiger charge is 2.34. The van der Waals surface area contributed by atoms with Gasteiger partial charge in [-0.15, -0.1) is 0 Å². The summed E-state index contributed by atoms with van der Waals surface area (Å²) in [5.74, 6) is -0.120. The van der Waals surface area contributed by atoms with Crippen molar-refractivity contribution in [1.29, 1.82) is 0 Å². The Morgan fingerprint density at radius 3 is 2.00 bits per heavy atom. The molecule has 1 aliphatic rings. The molecule has 0 saturated heterocycles. The van der Waals surface area contributed by atoms with Gasteiger partial charge >= 0.3 is 0 Å². The predicted molar refractivity (Wildman–Crippen MR) is 96.6 cm³/mol. The first-order valence-corrected chi connectivity index (χ1v) is 8.74. The van der Waals surface area contributed by atoms with Crippen molar-refractivity contribution < 1.29 is 4.74 Å². The smallest absolute Gasteiger partial charge is 0.250 e. The summed E-state index contributed by atoms with van der Waals surface area (Å²) in [5.41, 5.74) is 2.41. The summed E-state index contributed by atoms with van der Waals surface area (Å²) in [6, 6.07) is 7.61. The van der Waals surface area contributed by atoms with Crippen LogP contribution >= 0.6 is 69.6 Å². The van der Waals surface area contributed by atoms with Gasteiger partial charge in [-0.1, -0.05) is 93.9 Å². The van der Waals surface area contributed by atoms with Crippen LogP contribution in [0.25, 0.3) is 5.57 Å². The molecular formula is C14H7Cl6N3O. The maximum atomic E-state index is 5.89. The Bertz CT molecular complexity index is 781. The molecule has 0 spiro atoms. The van der Waals surface area contributed by atoms with Crippen molar-refractivity contribution in [3.05, 3.63) is 59.1 Å². The molecule has 1 aromatic carbocycles. The molecule has 0 radical (unpaired) electrons.